The Morgan fingerprint density at radius 2 is 2.40 bits per heavy atom. The Bertz CT molecular complexity index is 615. The maximum atomic E-state index is 13.3. The predicted molar refractivity (Wildman–Crippen MR) is 62.8 cm³/mol. The molecule has 108 valence electrons. The number of anilines is 1. The van der Waals surface area contributed by atoms with Crippen molar-refractivity contribution < 1.29 is 19.3 Å². The predicted octanol–water partition coefficient (Wildman–Crippen LogP) is -1.11. The summed E-state index contributed by atoms with van der Waals surface area (Å²) >= 11 is 0. The normalized spacial score (nSPS) is 29.1. The van der Waals surface area contributed by atoms with Crippen LogP contribution in [-0.2, 0) is 4.74 Å². The molecule has 1 aromatic rings. The summed E-state index contributed by atoms with van der Waals surface area (Å²) in [6.07, 6.45) is -3.06. The van der Waals surface area contributed by atoms with Crippen molar-refractivity contribution in [1.29, 1.82) is 0 Å². The minimum atomic E-state index is -1.44. The smallest absolute Gasteiger partial charge is 0.351 e. The first kappa shape index (κ1) is 14.2. The van der Waals surface area contributed by atoms with Gasteiger partial charge in [0.2, 0.25) is 0 Å². The molecule has 20 heavy (non-hydrogen) atoms. The fourth-order valence-corrected chi connectivity index (χ4v) is 1.95. The first-order valence-corrected chi connectivity index (χ1v) is 5.52. The van der Waals surface area contributed by atoms with Crippen LogP contribution in [-0.4, -0.2) is 44.6 Å². The Labute approximate surface area is 110 Å². The van der Waals surface area contributed by atoms with Crippen LogP contribution >= 0.6 is 0 Å². The zero-order chi connectivity index (χ0) is 14.9. The van der Waals surface area contributed by atoms with E-state index in [0.29, 0.717) is 4.57 Å². The number of halogens is 1. The summed E-state index contributed by atoms with van der Waals surface area (Å²) in [4.78, 5) is 17.4. The van der Waals surface area contributed by atoms with Crippen LogP contribution < -0.4 is 11.4 Å². The summed E-state index contributed by atoms with van der Waals surface area (Å²) in [6, 6.07) is -1.11. The number of aromatic nitrogens is 2. The van der Waals surface area contributed by atoms with Gasteiger partial charge in [-0.05, 0) is 5.53 Å². The topological polar surface area (TPSA) is 159 Å². The average Bonchev–Trinajstić information content (AvgIpc) is 2.72. The van der Waals surface area contributed by atoms with Crippen molar-refractivity contribution in [3.05, 3.63) is 32.9 Å². The largest absolute Gasteiger partial charge is 0.394 e. The third-order valence-corrected chi connectivity index (χ3v) is 2.91. The molecule has 0 bridgehead atoms. The van der Waals surface area contributed by atoms with Crippen LogP contribution in [0.1, 0.15) is 6.23 Å². The number of aliphatic hydroxyl groups is 2. The van der Waals surface area contributed by atoms with Crippen LogP contribution in [0.15, 0.2) is 16.1 Å². The number of rotatable bonds is 3. The standard InChI is InChI=1S/C9H11FN6O4/c10-3-1-16(9(19)13-7(3)11)8-6(18)5(14-15-12)4(2-17)20-8/h1,4-6,8,17-18H,2H2,(H2,11,13,19)/t4-,5+,6?,8-/m0/s1. The second-order valence-corrected chi connectivity index (χ2v) is 4.10. The Balaban J connectivity index is 2.41. The molecule has 10 nitrogen and oxygen atoms in total. The lowest BCUT2D eigenvalue weighted by atomic mass is 10.1. The van der Waals surface area contributed by atoms with Crippen LogP contribution in [0.2, 0.25) is 0 Å². The molecule has 0 amide bonds. The molecule has 1 fully saturated rings. The first-order chi connectivity index (χ1) is 9.49. The van der Waals surface area contributed by atoms with E-state index in [4.69, 9.17) is 21.1 Å². The van der Waals surface area contributed by atoms with Gasteiger partial charge in [0.1, 0.15) is 6.10 Å². The zero-order valence-corrected chi connectivity index (χ0v) is 10.00. The third kappa shape index (κ3) is 2.30. The minimum absolute atomic E-state index is 0.545. The van der Waals surface area contributed by atoms with Crippen molar-refractivity contribution in [2.45, 2.75) is 24.5 Å². The van der Waals surface area contributed by atoms with Crippen molar-refractivity contribution >= 4 is 5.82 Å². The molecular formula is C9H11FN6O4. The van der Waals surface area contributed by atoms with Crippen LogP contribution in [0.4, 0.5) is 10.2 Å². The quantitative estimate of drug-likeness (QED) is 0.363. The molecule has 0 radical (unpaired) electrons. The molecule has 1 aromatic heterocycles. The number of nitrogens with zero attached hydrogens (tertiary/aromatic N) is 5. The van der Waals surface area contributed by atoms with Crippen LogP contribution in [0.25, 0.3) is 10.4 Å². The lowest BCUT2D eigenvalue weighted by molar-refractivity contribution is -0.0535. The Hall–Kier alpha value is -2.20. The summed E-state index contributed by atoms with van der Waals surface area (Å²) in [7, 11) is 0. The molecule has 1 aliphatic rings. The molecule has 11 heteroatoms. The highest BCUT2D eigenvalue weighted by Gasteiger charge is 2.44. The van der Waals surface area contributed by atoms with Gasteiger partial charge in [0.15, 0.2) is 17.9 Å². The summed E-state index contributed by atoms with van der Waals surface area (Å²) in [6.45, 7) is -0.545. The average molecular weight is 286 g/mol. The van der Waals surface area contributed by atoms with E-state index in [9.17, 15) is 14.3 Å². The number of hydrogen-bond acceptors (Lipinski definition) is 7. The second kappa shape index (κ2) is 5.43. The maximum absolute atomic E-state index is 13.3. The SMILES string of the molecule is [N-]=[N+]=N[C@H]1C(O)[C@@H](n2cc(F)c(N)nc2=O)O[C@H]1CO. The summed E-state index contributed by atoms with van der Waals surface area (Å²) < 4.78 is 19.2. The number of hydrogen-bond donors (Lipinski definition) is 3. The van der Waals surface area contributed by atoms with Gasteiger partial charge in [0.25, 0.3) is 0 Å². The number of azide groups is 1. The molecular weight excluding hydrogens is 275 g/mol. The van der Waals surface area contributed by atoms with Crippen molar-refractivity contribution in [2.24, 2.45) is 5.11 Å². The Morgan fingerprint density at radius 3 is 3.00 bits per heavy atom. The van der Waals surface area contributed by atoms with E-state index in [1.807, 2.05) is 0 Å². The van der Waals surface area contributed by atoms with Gasteiger partial charge >= 0.3 is 5.69 Å². The molecule has 0 saturated carbocycles. The third-order valence-electron chi connectivity index (χ3n) is 2.91. The monoisotopic (exact) mass is 286 g/mol. The molecule has 4 atom stereocenters. The van der Waals surface area contributed by atoms with Gasteiger partial charge in [0.05, 0.1) is 24.9 Å². The number of ether oxygens (including phenoxy) is 1. The summed E-state index contributed by atoms with van der Waals surface area (Å²) in [5.41, 5.74) is 12.6. The van der Waals surface area contributed by atoms with Crippen molar-refractivity contribution in [2.75, 3.05) is 12.3 Å². The Kier molecular flexibility index (Phi) is 3.86. The van der Waals surface area contributed by atoms with E-state index in [0.717, 1.165) is 6.20 Å². The van der Waals surface area contributed by atoms with Crippen molar-refractivity contribution in [3.8, 4) is 0 Å². The maximum Gasteiger partial charge on any atom is 0.351 e. The molecule has 0 aliphatic carbocycles. The van der Waals surface area contributed by atoms with Gasteiger partial charge in [-0.1, -0.05) is 5.11 Å². The van der Waals surface area contributed by atoms with Gasteiger partial charge in [-0.2, -0.15) is 4.98 Å². The van der Waals surface area contributed by atoms with E-state index in [2.05, 4.69) is 15.0 Å². The van der Waals surface area contributed by atoms with E-state index in [-0.39, 0.29) is 0 Å². The van der Waals surface area contributed by atoms with Gasteiger partial charge in [-0.15, -0.1) is 0 Å². The first-order valence-electron chi connectivity index (χ1n) is 5.52. The van der Waals surface area contributed by atoms with Gasteiger partial charge in [-0.25, -0.2) is 9.18 Å². The summed E-state index contributed by atoms with van der Waals surface area (Å²) in [5.74, 6) is -1.54. The fourth-order valence-electron chi connectivity index (χ4n) is 1.95. The van der Waals surface area contributed by atoms with E-state index in [1.54, 1.807) is 0 Å². The van der Waals surface area contributed by atoms with E-state index in [1.165, 1.54) is 0 Å². The highest BCUT2D eigenvalue weighted by atomic mass is 19.1. The van der Waals surface area contributed by atoms with Crippen molar-refractivity contribution in [1.82, 2.24) is 9.55 Å². The highest BCUT2D eigenvalue weighted by Crippen LogP contribution is 2.30. The van der Waals surface area contributed by atoms with Crippen LogP contribution in [0, 0.1) is 5.82 Å². The molecule has 2 rings (SSSR count). The molecule has 1 unspecified atom stereocenters. The number of aliphatic hydroxyl groups excluding tert-OH is 2. The lowest BCUT2D eigenvalue weighted by Crippen LogP contribution is -2.35. The van der Waals surface area contributed by atoms with E-state index >= 15 is 0 Å². The zero-order valence-electron chi connectivity index (χ0n) is 10.00. The number of nitrogens with two attached hydrogens (primary N) is 1. The highest BCUT2D eigenvalue weighted by molar-refractivity contribution is 5.26. The number of nitrogen functional groups attached to an aromatic ring is 1. The molecule has 0 spiro atoms. The van der Waals surface area contributed by atoms with Gasteiger partial charge < -0.3 is 20.7 Å². The van der Waals surface area contributed by atoms with Gasteiger partial charge in [0, 0.05) is 4.91 Å². The minimum Gasteiger partial charge on any atom is -0.394 e. The summed E-state index contributed by atoms with van der Waals surface area (Å²) in [5, 5.41) is 22.4. The van der Waals surface area contributed by atoms with Gasteiger partial charge in [-0.3, -0.25) is 4.57 Å². The van der Waals surface area contributed by atoms with Crippen LogP contribution in [0.5, 0.6) is 0 Å². The molecule has 0 aromatic carbocycles. The second-order valence-electron chi connectivity index (χ2n) is 4.10. The Morgan fingerprint density at radius 1 is 1.70 bits per heavy atom. The fraction of sp³-hybridized carbons (Fsp3) is 0.556. The van der Waals surface area contributed by atoms with Crippen molar-refractivity contribution in [3.63, 3.8) is 0 Å². The molecule has 1 saturated heterocycles. The van der Waals surface area contributed by atoms with Crippen LogP contribution in [0.3, 0.4) is 0 Å². The lowest BCUT2D eigenvalue weighted by Gasteiger charge is -2.17. The molecule has 2 heterocycles. The molecule has 1 aliphatic heterocycles. The van der Waals surface area contributed by atoms with E-state index < -0.39 is 48.4 Å². The molecule has 4 N–H and O–H groups in total.